The van der Waals surface area contributed by atoms with Gasteiger partial charge >= 0.3 is 6.03 Å². The maximum atomic E-state index is 11.6. The molecule has 0 aromatic heterocycles. The topological polar surface area (TPSA) is 41.1 Å². The van der Waals surface area contributed by atoms with Gasteiger partial charge in [0.2, 0.25) is 0 Å². The molecule has 2 amide bonds. The minimum Gasteiger partial charge on any atom is -0.338 e. The molecule has 2 N–H and O–H groups in total. The predicted octanol–water partition coefficient (Wildman–Crippen LogP) is 4.03. The standard InChI is InChI=1S/C16H21ClN2O/c17-15-8-4-7-13(11-15)9-10-18-16(20)19-12-14-5-2-1-3-6-14/h4,7-8,11-12H,1-3,5-6,9-10H2,(H2,18,19,20). The number of nitrogens with one attached hydrogen (secondary N) is 2. The first-order chi connectivity index (χ1) is 9.74. The third-order valence-corrected chi connectivity index (χ3v) is 3.73. The van der Waals surface area contributed by atoms with Crippen molar-refractivity contribution in [3.05, 3.63) is 46.6 Å². The van der Waals surface area contributed by atoms with Gasteiger partial charge in [0.25, 0.3) is 0 Å². The van der Waals surface area contributed by atoms with Crippen molar-refractivity contribution in [3.8, 4) is 0 Å². The Hall–Kier alpha value is -1.48. The number of rotatable bonds is 4. The van der Waals surface area contributed by atoms with Crippen molar-refractivity contribution in [2.45, 2.75) is 38.5 Å². The van der Waals surface area contributed by atoms with Crippen LogP contribution >= 0.6 is 11.6 Å². The van der Waals surface area contributed by atoms with Gasteiger partial charge < -0.3 is 10.6 Å². The van der Waals surface area contributed by atoms with E-state index < -0.39 is 0 Å². The largest absolute Gasteiger partial charge is 0.338 e. The van der Waals surface area contributed by atoms with Gasteiger partial charge in [0.05, 0.1) is 0 Å². The zero-order chi connectivity index (χ0) is 14.2. The number of hydrogen-bond donors (Lipinski definition) is 2. The maximum Gasteiger partial charge on any atom is 0.318 e. The van der Waals surface area contributed by atoms with Gasteiger partial charge in [-0.3, -0.25) is 0 Å². The molecule has 4 heteroatoms. The summed E-state index contributed by atoms with van der Waals surface area (Å²) < 4.78 is 0. The average molecular weight is 293 g/mol. The first-order valence-corrected chi connectivity index (χ1v) is 7.58. The summed E-state index contributed by atoms with van der Waals surface area (Å²) in [6, 6.07) is 7.57. The molecule has 2 rings (SSSR count). The van der Waals surface area contributed by atoms with E-state index in [0.717, 1.165) is 29.8 Å². The van der Waals surface area contributed by atoms with Crippen molar-refractivity contribution in [3.63, 3.8) is 0 Å². The van der Waals surface area contributed by atoms with Crippen molar-refractivity contribution in [2.24, 2.45) is 0 Å². The van der Waals surface area contributed by atoms with Crippen LogP contribution in [0.15, 0.2) is 36.0 Å². The molecular weight excluding hydrogens is 272 g/mol. The second-order valence-corrected chi connectivity index (χ2v) is 5.58. The molecule has 0 saturated heterocycles. The molecule has 1 aromatic carbocycles. The quantitative estimate of drug-likeness (QED) is 0.864. The van der Waals surface area contributed by atoms with E-state index in [1.165, 1.54) is 24.8 Å². The number of urea groups is 1. The molecule has 108 valence electrons. The highest BCUT2D eigenvalue weighted by atomic mass is 35.5. The van der Waals surface area contributed by atoms with Crippen LogP contribution in [0.2, 0.25) is 5.02 Å². The van der Waals surface area contributed by atoms with Gasteiger partial charge in [0, 0.05) is 17.8 Å². The summed E-state index contributed by atoms with van der Waals surface area (Å²) in [5.41, 5.74) is 2.48. The third kappa shape index (κ3) is 5.25. The van der Waals surface area contributed by atoms with Crippen LogP contribution in [0, 0.1) is 0 Å². The SMILES string of the molecule is O=C(NC=C1CCCCC1)NCCc1cccc(Cl)c1. The molecule has 1 aliphatic carbocycles. The molecule has 1 fully saturated rings. The molecule has 0 atom stereocenters. The Balaban J connectivity index is 1.67. The fourth-order valence-corrected chi connectivity index (χ4v) is 2.59. The van der Waals surface area contributed by atoms with Gasteiger partial charge in [-0.15, -0.1) is 0 Å². The second kappa shape index (κ2) is 7.95. The third-order valence-electron chi connectivity index (χ3n) is 3.49. The number of benzene rings is 1. The lowest BCUT2D eigenvalue weighted by molar-refractivity contribution is 0.244. The molecule has 1 aliphatic rings. The smallest absolute Gasteiger partial charge is 0.318 e. The zero-order valence-electron chi connectivity index (χ0n) is 11.6. The zero-order valence-corrected chi connectivity index (χ0v) is 12.4. The summed E-state index contributed by atoms with van der Waals surface area (Å²) in [6.07, 6.45) is 8.67. The van der Waals surface area contributed by atoms with E-state index in [4.69, 9.17) is 11.6 Å². The van der Waals surface area contributed by atoms with E-state index in [9.17, 15) is 4.79 Å². The molecule has 1 saturated carbocycles. The monoisotopic (exact) mass is 292 g/mol. The second-order valence-electron chi connectivity index (χ2n) is 5.14. The molecule has 0 heterocycles. The Labute approximate surface area is 125 Å². The fourth-order valence-electron chi connectivity index (χ4n) is 2.38. The summed E-state index contributed by atoms with van der Waals surface area (Å²) >= 11 is 5.91. The summed E-state index contributed by atoms with van der Waals surface area (Å²) in [7, 11) is 0. The first kappa shape index (κ1) is 14.9. The van der Waals surface area contributed by atoms with Gasteiger partial charge in [-0.1, -0.05) is 35.7 Å². The van der Waals surface area contributed by atoms with E-state index in [1.54, 1.807) is 0 Å². The van der Waals surface area contributed by atoms with Crippen LogP contribution in [-0.4, -0.2) is 12.6 Å². The summed E-state index contributed by atoms with van der Waals surface area (Å²) in [5, 5.41) is 6.39. The number of amides is 2. The Morgan fingerprint density at radius 2 is 2.05 bits per heavy atom. The molecule has 0 radical (unpaired) electrons. The summed E-state index contributed by atoms with van der Waals surface area (Å²) in [6.45, 7) is 0.606. The molecule has 1 aromatic rings. The first-order valence-electron chi connectivity index (χ1n) is 7.21. The van der Waals surface area contributed by atoms with E-state index in [1.807, 2.05) is 30.5 Å². The van der Waals surface area contributed by atoms with Crippen molar-refractivity contribution in [2.75, 3.05) is 6.54 Å². The van der Waals surface area contributed by atoms with Crippen LogP contribution in [0.4, 0.5) is 4.79 Å². The highest BCUT2D eigenvalue weighted by Gasteiger charge is 2.05. The maximum absolute atomic E-state index is 11.6. The molecule has 3 nitrogen and oxygen atoms in total. The van der Waals surface area contributed by atoms with Crippen LogP contribution in [0.1, 0.15) is 37.7 Å². The Kier molecular flexibility index (Phi) is 5.93. The lowest BCUT2D eigenvalue weighted by Gasteiger charge is -2.13. The summed E-state index contributed by atoms with van der Waals surface area (Å²) in [4.78, 5) is 11.6. The lowest BCUT2D eigenvalue weighted by Crippen LogP contribution is -2.33. The van der Waals surface area contributed by atoms with E-state index in [2.05, 4.69) is 10.6 Å². The highest BCUT2D eigenvalue weighted by molar-refractivity contribution is 6.30. The predicted molar refractivity (Wildman–Crippen MR) is 82.9 cm³/mol. The number of hydrogen-bond acceptors (Lipinski definition) is 1. The van der Waals surface area contributed by atoms with Crippen molar-refractivity contribution < 1.29 is 4.79 Å². The van der Waals surface area contributed by atoms with E-state index >= 15 is 0 Å². The molecular formula is C16H21ClN2O. The normalized spacial score (nSPS) is 14.8. The van der Waals surface area contributed by atoms with Crippen LogP contribution < -0.4 is 10.6 Å². The van der Waals surface area contributed by atoms with Crippen molar-refractivity contribution >= 4 is 17.6 Å². The van der Waals surface area contributed by atoms with Gasteiger partial charge in [-0.05, 0) is 49.8 Å². The van der Waals surface area contributed by atoms with Gasteiger partial charge in [0.15, 0.2) is 0 Å². The van der Waals surface area contributed by atoms with Crippen LogP contribution in [0.25, 0.3) is 0 Å². The molecule has 0 aliphatic heterocycles. The molecule has 0 unspecified atom stereocenters. The van der Waals surface area contributed by atoms with E-state index in [0.29, 0.717) is 6.54 Å². The molecule has 0 bridgehead atoms. The van der Waals surface area contributed by atoms with Crippen molar-refractivity contribution in [1.82, 2.24) is 10.6 Å². The van der Waals surface area contributed by atoms with Gasteiger partial charge in [-0.2, -0.15) is 0 Å². The Morgan fingerprint density at radius 3 is 2.80 bits per heavy atom. The van der Waals surface area contributed by atoms with Crippen LogP contribution in [0.3, 0.4) is 0 Å². The Bertz CT molecular complexity index is 477. The average Bonchev–Trinajstić information content (AvgIpc) is 2.46. The highest BCUT2D eigenvalue weighted by Crippen LogP contribution is 2.21. The minimum absolute atomic E-state index is 0.134. The van der Waals surface area contributed by atoms with Crippen molar-refractivity contribution in [1.29, 1.82) is 0 Å². The number of carbonyl (C=O) groups excluding carboxylic acids is 1. The number of allylic oxidation sites excluding steroid dienone is 1. The number of halogens is 1. The summed E-state index contributed by atoms with van der Waals surface area (Å²) in [5.74, 6) is 0. The number of carbonyl (C=O) groups is 1. The van der Waals surface area contributed by atoms with Gasteiger partial charge in [-0.25, -0.2) is 4.79 Å². The van der Waals surface area contributed by atoms with Gasteiger partial charge in [0.1, 0.15) is 0 Å². The minimum atomic E-state index is -0.134. The fraction of sp³-hybridized carbons (Fsp3) is 0.438. The lowest BCUT2D eigenvalue weighted by atomic mass is 9.96. The Morgan fingerprint density at radius 1 is 1.25 bits per heavy atom. The molecule has 0 spiro atoms. The molecule has 20 heavy (non-hydrogen) atoms. The van der Waals surface area contributed by atoms with Crippen LogP contribution in [0.5, 0.6) is 0 Å². The van der Waals surface area contributed by atoms with Crippen LogP contribution in [-0.2, 0) is 6.42 Å². The van der Waals surface area contributed by atoms with E-state index in [-0.39, 0.29) is 6.03 Å².